The van der Waals surface area contributed by atoms with Gasteiger partial charge in [0.15, 0.2) is 0 Å². The topological polar surface area (TPSA) is 63.3 Å². The number of hydrogen-bond donors (Lipinski definition) is 2. The number of nitrogens with two attached hydrogens (primary N) is 1. The summed E-state index contributed by atoms with van der Waals surface area (Å²) in [5, 5.41) is 9.07. The van der Waals surface area contributed by atoms with Crippen LogP contribution in [0.5, 0.6) is 0 Å². The highest BCUT2D eigenvalue weighted by molar-refractivity contribution is 5.85. The minimum Gasteiger partial charge on any atom is -0.480 e. The molecule has 0 aromatic rings. The third-order valence-corrected chi connectivity index (χ3v) is 3.18. The molecular formula is C10H20ClNO2. The molecule has 0 aliphatic heterocycles. The van der Waals surface area contributed by atoms with Crippen molar-refractivity contribution in [3.8, 4) is 0 Å². The molecule has 0 spiro atoms. The average Bonchev–Trinajstić information content (AvgIpc) is 1.97. The van der Waals surface area contributed by atoms with Gasteiger partial charge in [-0.25, -0.2) is 0 Å². The van der Waals surface area contributed by atoms with Crippen molar-refractivity contribution in [1.29, 1.82) is 0 Å². The molecule has 3 nitrogen and oxygen atoms in total. The third kappa shape index (κ3) is 2.61. The van der Waals surface area contributed by atoms with Gasteiger partial charge in [0.05, 0.1) is 0 Å². The first-order valence-electron chi connectivity index (χ1n) is 5.13. The first kappa shape index (κ1) is 13.7. The monoisotopic (exact) mass is 221 g/mol. The molecule has 0 heterocycles. The summed E-state index contributed by atoms with van der Waals surface area (Å²) in [5.74, 6) is -0.595. The van der Waals surface area contributed by atoms with Gasteiger partial charge in [-0.2, -0.15) is 0 Å². The van der Waals surface area contributed by atoms with Gasteiger partial charge in [0, 0.05) is 0 Å². The van der Waals surface area contributed by atoms with Crippen LogP contribution in [0.25, 0.3) is 0 Å². The molecule has 3 N–H and O–H groups in total. The number of aliphatic carboxylic acids is 1. The van der Waals surface area contributed by atoms with Crippen molar-refractivity contribution >= 4 is 18.4 Å². The Kier molecular flexibility index (Phi) is 5.45. The van der Waals surface area contributed by atoms with Crippen LogP contribution in [0.3, 0.4) is 0 Å². The predicted molar refractivity (Wildman–Crippen MR) is 58.7 cm³/mol. The average molecular weight is 222 g/mol. The maximum absolute atomic E-state index is 11.0. The molecule has 4 heteroatoms. The van der Waals surface area contributed by atoms with E-state index in [9.17, 15) is 4.79 Å². The molecule has 0 aromatic heterocycles. The van der Waals surface area contributed by atoms with Crippen molar-refractivity contribution in [2.45, 2.75) is 51.0 Å². The second-order valence-electron chi connectivity index (χ2n) is 4.08. The normalized spacial score (nSPS) is 20.4. The molecule has 84 valence electrons. The Morgan fingerprint density at radius 3 is 2.43 bits per heavy atom. The second kappa shape index (κ2) is 5.56. The van der Waals surface area contributed by atoms with Crippen molar-refractivity contribution < 1.29 is 9.90 Å². The zero-order valence-corrected chi connectivity index (χ0v) is 9.48. The van der Waals surface area contributed by atoms with E-state index in [4.69, 9.17) is 10.8 Å². The summed E-state index contributed by atoms with van der Waals surface area (Å²) < 4.78 is 0. The van der Waals surface area contributed by atoms with Gasteiger partial charge >= 0.3 is 5.97 Å². The Labute approximate surface area is 91.5 Å². The van der Waals surface area contributed by atoms with Crippen molar-refractivity contribution in [2.75, 3.05) is 0 Å². The fourth-order valence-corrected chi connectivity index (χ4v) is 1.88. The van der Waals surface area contributed by atoms with Gasteiger partial charge < -0.3 is 10.8 Å². The van der Waals surface area contributed by atoms with Gasteiger partial charge in [-0.3, -0.25) is 4.79 Å². The summed E-state index contributed by atoms with van der Waals surface area (Å²) >= 11 is 0. The highest BCUT2D eigenvalue weighted by atomic mass is 35.5. The fraction of sp³-hybridized carbons (Fsp3) is 0.900. The first-order valence-corrected chi connectivity index (χ1v) is 5.13. The summed E-state index contributed by atoms with van der Waals surface area (Å²) in [6.45, 7) is 2.06. The van der Waals surface area contributed by atoms with Crippen molar-refractivity contribution in [1.82, 2.24) is 0 Å². The van der Waals surface area contributed by atoms with E-state index in [-0.39, 0.29) is 18.3 Å². The van der Waals surface area contributed by atoms with E-state index in [1.165, 1.54) is 0 Å². The fourth-order valence-electron chi connectivity index (χ4n) is 1.88. The lowest BCUT2D eigenvalue weighted by Gasteiger charge is -2.39. The summed E-state index contributed by atoms with van der Waals surface area (Å²) in [6.07, 6.45) is 5.68. The van der Waals surface area contributed by atoms with E-state index in [0.29, 0.717) is 6.42 Å². The van der Waals surface area contributed by atoms with Crippen LogP contribution >= 0.6 is 12.4 Å². The molecule has 1 atom stereocenters. The number of hydrogen-bond acceptors (Lipinski definition) is 2. The van der Waals surface area contributed by atoms with Gasteiger partial charge in [0.25, 0.3) is 0 Å². The van der Waals surface area contributed by atoms with Crippen LogP contribution in [-0.4, -0.2) is 16.6 Å². The highest BCUT2D eigenvalue weighted by Crippen LogP contribution is 2.37. The molecule has 1 unspecified atom stereocenters. The number of halogens is 1. The van der Waals surface area contributed by atoms with Crippen LogP contribution < -0.4 is 5.73 Å². The standard InChI is InChI=1S/C10H19NO2.ClH/c1-2-3-7-10(11,9(12)13)8-5-4-6-8;/h8H,2-7,11H2,1H3,(H,12,13);1H. The molecule has 0 bridgehead atoms. The van der Waals surface area contributed by atoms with Gasteiger partial charge in [0.2, 0.25) is 0 Å². The SMILES string of the molecule is CCCCC(N)(C(=O)O)C1CCC1.Cl. The summed E-state index contributed by atoms with van der Waals surface area (Å²) in [6, 6.07) is 0. The van der Waals surface area contributed by atoms with E-state index in [0.717, 1.165) is 32.1 Å². The number of carbonyl (C=O) groups is 1. The zero-order valence-electron chi connectivity index (χ0n) is 8.66. The lowest BCUT2D eigenvalue weighted by atomic mass is 9.69. The molecular weight excluding hydrogens is 202 g/mol. The minimum atomic E-state index is -0.936. The van der Waals surface area contributed by atoms with Crippen molar-refractivity contribution in [3.05, 3.63) is 0 Å². The Morgan fingerprint density at radius 2 is 2.14 bits per heavy atom. The van der Waals surface area contributed by atoms with Gasteiger partial charge in [-0.05, 0) is 25.2 Å². The smallest absolute Gasteiger partial charge is 0.323 e. The van der Waals surface area contributed by atoms with Crippen LogP contribution in [-0.2, 0) is 4.79 Å². The van der Waals surface area contributed by atoms with E-state index < -0.39 is 11.5 Å². The number of carboxylic acids is 1. The Balaban J connectivity index is 0.00000169. The Morgan fingerprint density at radius 1 is 1.57 bits per heavy atom. The largest absolute Gasteiger partial charge is 0.480 e. The maximum atomic E-state index is 11.0. The van der Waals surface area contributed by atoms with Crippen molar-refractivity contribution in [3.63, 3.8) is 0 Å². The van der Waals surface area contributed by atoms with Crippen LogP contribution in [0.1, 0.15) is 45.4 Å². The van der Waals surface area contributed by atoms with Gasteiger partial charge in [0.1, 0.15) is 5.54 Å². The Bertz CT molecular complexity index is 195. The quantitative estimate of drug-likeness (QED) is 0.748. The van der Waals surface area contributed by atoms with E-state index >= 15 is 0 Å². The Hall–Kier alpha value is -0.280. The molecule has 0 saturated heterocycles. The summed E-state index contributed by atoms with van der Waals surface area (Å²) in [5.41, 5.74) is 5.00. The maximum Gasteiger partial charge on any atom is 0.323 e. The number of unbranched alkanes of at least 4 members (excludes halogenated alkanes) is 1. The third-order valence-electron chi connectivity index (χ3n) is 3.18. The van der Waals surface area contributed by atoms with Crippen LogP contribution in [0.15, 0.2) is 0 Å². The van der Waals surface area contributed by atoms with E-state index in [2.05, 4.69) is 6.92 Å². The number of rotatable bonds is 5. The molecule has 1 fully saturated rings. The van der Waals surface area contributed by atoms with Crippen LogP contribution in [0.4, 0.5) is 0 Å². The lowest BCUT2D eigenvalue weighted by Crippen LogP contribution is -2.56. The molecule has 0 radical (unpaired) electrons. The van der Waals surface area contributed by atoms with E-state index in [1.54, 1.807) is 0 Å². The molecule has 1 aliphatic carbocycles. The molecule has 1 saturated carbocycles. The molecule has 1 rings (SSSR count). The van der Waals surface area contributed by atoms with Crippen molar-refractivity contribution in [2.24, 2.45) is 11.7 Å². The van der Waals surface area contributed by atoms with E-state index in [1.807, 2.05) is 0 Å². The molecule has 0 aromatic carbocycles. The minimum absolute atomic E-state index is 0. The molecule has 1 aliphatic rings. The zero-order chi connectivity index (χ0) is 9.90. The van der Waals surface area contributed by atoms with Gasteiger partial charge in [-0.15, -0.1) is 12.4 Å². The summed E-state index contributed by atoms with van der Waals surface area (Å²) in [4.78, 5) is 11.0. The van der Waals surface area contributed by atoms with Crippen LogP contribution in [0, 0.1) is 5.92 Å². The molecule has 14 heavy (non-hydrogen) atoms. The van der Waals surface area contributed by atoms with Gasteiger partial charge in [-0.1, -0.05) is 26.2 Å². The predicted octanol–water partition coefficient (Wildman–Crippen LogP) is 2.18. The molecule has 0 amide bonds. The summed E-state index contributed by atoms with van der Waals surface area (Å²) in [7, 11) is 0. The number of carboxylic acid groups (broad SMARTS) is 1. The second-order valence-corrected chi connectivity index (χ2v) is 4.08. The lowest BCUT2D eigenvalue weighted by molar-refractivity contribution is -0.147. The van der Waals surface area contributed by atoms with Crippen LogP contribution in [0.2, 0.25) is 0 Å². The first-order chi connectivity index (χ1) is 6.11. The highest BCUT2D eigenvalue weighted by Gasteiger charge is 2.44.